The van der Waals surface area contributed by atoms with Crippen LogP contribution in [0.25, 0.3) is 0 Å². The van der Waals surface area contributed by atoms with Crippen LogP contribution in [0, 0.1) is 18.8 Å². The van der Waals surface area contributed by atoms with Crippen LogP contribution >= 0.6 is 11.6 Å². The Bertz CT molecular complexity index is 1350. The number of primary amides is 1. The van der Waals surface area contributed by atoms with E-state index in [1.807, 2.05) is 6.92 Å². The number of benzene rings is 2. The molecular weight excluding hydrogens is 476 g/mol. The Morgan fingerprint density at radius 2 is 1.94 bits per heavy atom. The monoisotopic (exact) mass is 496 g/mol. The van der Waals surface area contributed by atoms with E-state index in [9.17, 15) is 19.2 Å². The number of aryl methyl sites for hydroxylation is 1. The Labute approximate surface area is 204 Å². The molecule has 180 valence electrons. The van der Waals surface area contributed by atoms with E-state index in [-0.39, 0.29) is 19.8 Å². The van der Waals surface area contributed by atoms with Gasteiger partial charge in [0.1, 0.15) is 5.54 Å². The first-order valence-electron chi connectivity index (χ1n) is 11.1. The third-order valence-electron chi connectivity index (χ3n) is 7.21. The highest BCUT2D eigenvalue weighted by molar-refractivity contribution is 6.35. The number of rotatable bonds is 4. The Balaban J connectivity index is 1.44. The van der Waals surface area contributed by atoms with Gasteiger partial charge in [0.2, 0.25) is 30.4 Å². The van der Waals surface area contributed by atoms with E-state index in [0.29, 0.717) is 33.3 Å². The zero-order valence-electron chi connectivity index (χ0n) is 18.6. The summed E-state index contributed by atoms with van der Waals surface area (Å²) < 4.78 is 10.7. The molecule has 6 rings (SSSR count). The van der Waals surface area contributed by atoms with Crippen LogP contribution in [0.2, 0.25) is 5.02 Å². The highest BCUT2D eigenvalue weighted by Crippen LogP contribution is 2.55. The van der Waals surface area contributed by atoms with Crippen molar-refractivity contribution >= 4 is 40.9 Å². The van der Waals surface area contributed by atoms with Crippen LogP contribution in [0.4, 0.5) is 5.69 Å². The molecule has 4 aliphatic rings. The van der Waals surface area contributed by atoms with Crippen LogP contribution in [0.15, 0.2) is 30.3 Å². The number of likely N-dealkylation sites (tertiary alicyclic amines) is 1. The Morgan fingerprint density at radius 1 is 1.17 bits per heavy atom. The number of nitrogens with one attached hydrogen (secondary N) is 2. The molecule has 0 aromatic heterocycles. The first kappa shape index (κ1) is 21.9. The van der Waals surface area contributed by atoms with Gasteiger partial charge in [0.25, 0.3) is 0 Å². The molecule has 2 fully saturated rings. The zero-order valence-corrected chi connectivity index (χ0v) is 19.3. The number of ether oxygens (including phenoxy) is 2. The maximum Gasteiger partial charge on any atom is 0.250 e. The van der Waals surface area contributed by atoms with Gasteiger partial charge in [-0.25, -0.2) is 0 Å². The van der Waals surface area contributed by atoms with Crippen LogP contribution in [-0.4, -0.2) is 41.4 Å². The van der Waals surface area contributed by atoms with E-state index >= 15 is 0 Å². The van der Waals surface area contributed by atoms with Gasteiger partial charge in [-0.1, -0.05) is 23.7 Å². The van der Waals surface area contributed by atoms with Gasteiger partial charge in [0.05, 0.1) is 29.1 Å². The van der Waals surface area contributed by atoms with E-state index < -0.39 is 47.0 Å². The minimum atomic E-state index is -1.55. The lowest BCUT2D eigenvalue weighted by Gasteiger charge is -2.29. The summed E-state index contributed by atoms with van der Waals surface area (Å²) >= 11 is 6.41. The highest BCUT2D eigenvalue weighted by Gasteiger charge is 2.70. The maximum atomic E-state index is 13.8. The summed E-state index contributed by atoms with van der Waals surface area (Å²) in [6.07, 6.45) is -0.206. The van der Waals surface area contributed by atoms with Gasteiger partial charge in [0.15, 0.2) is 11.5 Å². The van der Waals surface area contributed by atoms with Gasteiger partial charge in [-0.2, -0.15) is 0 Å². The van der Waals surface area contributed by atoms with E-state index in [1.165, 1.54) is 0 Å². The van der Waals surface area contributed by atoms with Gasteiger partial charge in [-0.05, 0) is 36.2 Å². The molecule has 0 bridgehead atoms. The number of fused-ring (bicyclic) bond motifs is 5. The van der Waals surface area contributed by atoms with Crippen LogP contribution in [-0.2, 0) is 31.3 Å². The normalized spacial score (nSPS) is 28.0. The maximum absolute atomic E-state index is 13.8. The lowest BCUT2D eigenvalue weighted by atomic mass is 9.76. The Hall–Kier alpha value is -3.63. The summed E-state index contributed by atoms with van der Waals surface area (Å²) in [6, 6.07) is 7.86. The minimum absolute atomic E-state index is 0.0102. The first-order valence-corrected chi connectivity index (χ1v) is 11.5. The SMILES string of the molecule is Cc1cc(Cl)c2c(c1)C1(NC(CC(N)=O)C3C(=O)N(Cc4ccc5c(c4)OCO5)C(=O)C31)C(=O)N2. The van der Waals surface area contributed by atoms with Crippen molar-refractivity contribution in [1.29, 1.82) is 0 Å². The quantitative estimate of drug-likeness (QED) is 0.540. The number of hydrogen-bond donors (Lipinski definition) is 3. The largest absolute Gasteiger partial charge is 0.454 e. The van der Waals surface area contributed by atoms with Crippen molar-refractivity contribution in [2.24, 2.45) is 17.6 Å². The molecule has 35 heavy (non-hydrogen) atoms. The number of anilines is 1. The smallest absolute Gasteiger partial charge is 0.250 e. The Kier molecular flexibility index (Phi) is 4.64. The summed E-state index contributed by atoms with van der Waals surface area (Å²) in [4.78, 5) is 54.0. The van der Waals surface area contributed by atoms with Crippen molar-refractivity contribution in [1.82, 2.24) is 10.2 Å². The van der Waals surface area contributed by atoms with Crippen molar-refractivity contribution in [3.05, 3.63) is 52.0 Å². The second-order valence-corrected chi connectivity index (χ2v) is 9.71. The van der Waals surface area contributed by atoms with Crippen LogP contribution in [0.3, 0.4) is 0 Å². The average Bonchev–Trinajstić information content (AvgIpc) is 3.51. The molecule has 4 unspecified atom stereocenters. The number of nitrogens with two attached hydrogens (primary N) is 1. The van der Waals surface area contributed by atoms with Gasteiger partial charge < -0.3 is 20.5 Å². The molecule has 0 radical (unpaired) electrons. The zero-order chi connectivity index (χ0) is 24.6. The number of nitrogens with zero attached hydrogens (tertiary/aromatic N) is 1. The molecule has 4 heterocycles. The van der Waals surface area contributed by atoms with E-state index in [0.717, 1.165) is 10.5 Å². The molecule has 4 atom stereocenters. The molecular formula is C24H21ClN4O6. The van der Waals surface area contributed by atoms with Gasteiger partial charge >= 0.3 is 0 Å². The molecule has 1 spiro atoms. The van der Waals surface area contributed by atoms with Gasteiger partial charge in [0, 0.05) is 18.0 Å². The predicted octanol–water partition coefficient (Wildman–Crippen LogP) is 1.17. The second-order valence-electron chi connectivity index (χ2n) is 9.31. The first-order chi connectivity index (χ1) is 16.7. The molecule has 4 amide bonds. The van der Waals surface area contributed by atoms with Crippen molar-refractivity contribution in [3.8, 4) is 11.5 Å². The minimum Gasteiger partial charge on any atom is -0.454 e. The predicted molar refractivity (Wildman–Crippen MR) is 122 cm³/mol. The number of hydrogen-bond acceptors (Lipinski definition) is 7. The fourth-order valence-electron chi connectivity index (χ4n) is 5.82. The number of imide groups is 1. The molecule has 4 aliphatic heterocycles. The second kappa shape index (κ2) is 7.43. The number of amides is 4. The standard InChI is InChI=1S/C24H21ClN4O6/c1-10-4-12-20(13(25)5-10)27-23(33)24(12)19-18(14(28-24)7-17(26)30)21(31)29(22(19)32)8-11-2-3-15-16(6-11)35-9-34-15/h2-6,14,18-19,28H,7-9H2,1H3,(H2,26,30)(H,27,33). The number of halogens is 1. The summed E-state index contributed by atoms with van der Waals surface area (Å²) in [7, 11) is 0. The molecule has 11 heteroatoms. The summed E-state index contributed by atoms with van der Waals surface area (Å²) in [5, 5.41) is 6.27. The summed E-state index contributed by atoms with van der Waals surface area (Å²) in [6.45, 7) is 1.91. The molecule has 4 N–H and O–H groups in total. The van der Waals surface area contributed by atoms with Crippen molar-refractivity contribution in [3.63, 3.8) is 0 Å². The lowest BCUT2D eigenvalue weighted by Crippen LogP contribution is -2.53. The third-order valence-corrected chi connectivity index (χ3v) is 7.51. The van der Waals surface area contributed by atoms with E-state index in [2.05, 4.69) is 10.6 Å². The lowest BCUT2D eigenvalue weighted by molar-refractivity contribution is -0.143. The van der Waals surface area contributed by atoms with Gasteiger partial charge in [-0.3, -0.25) is 29.4 Å². The molecule has 0 saturated carbocycles. The summed E-state index contributed by atoms with van der Waals surface area (Å²) in [5.74, 6) is -3.00. The molecule has 2 saturated heterocycles. The molecule has 2 aromatic rings. The van der Waals surface area contributed by atoms with Crippen molar-refractivity contribution < 1.29 is 28.7 Å². The van der Waals surface area contributed by atoms with Crippen LogP contribution in [0.1, 0.15) is 23.1 Å². The fraction of sp³-hybridized carbons (Fsp3) is 0.333. The van der Waals surface area contributed by atoms with E-state index in [4.69, 9.17) is 26.8 Å². The summed E-state index contributed by atoms with van der Waals surface area (Å²) in [5.41, 5.74) is 6.26. The molecule has 0 aliphatic carbocycles. The van der Waals surface area contributed by atoms with Crippen LogP contribution < -0.4 is 25.8 Å². The van der Waals surface area contributed by atoms with E-state index in [1.54, 1.807) is 30.3 Å². The van der Waals surface area contributed by atoms with Crippen LogP contribution in [0.5, 0.6) is 11.5 Å². The van der Waals surface area contributed by atoms with Gasteiger partial charge in [-0.15, -0.1) is 0 Å². The number of carbonyl (C=O) groups is 4. The van der Waals surface area contributed by atoms with Crippen molar-refractivity contribution in [2.45, 2.75) is 31.5 Å². The topological polar surface area (TPSA) is 140 Å². The molecule has 10 nitrogen and oxygen atoms in total. The van der Waals surface area contributed by atoms with Crippen molar-refractivity contribution in [2.75, 3.05) is 12.1 Å². The average molecular weight is 497 g/mol. The Morgan fingerprint density at radius 3 is 2.71 bits per heavy atom. The molecule has 2 aromatic carbocycles. The number of carbonyl (C=O) groups excluding carboxylic acids is 4. The third kappa shape index (κ3) is 2.99. The fourth-order valence-corrected chi connectivity index (χ4v) is 6.14. The highest BCUT2D eigenvalue weighted by atomic mass is 35.5.